The molecule has 3 aliphatic rings. The highest BCUT2D eigenvalue weighted by atomic mass is 16.7. The van der Waals surface area contributed by atoms with Gasteiger partial charge in [0.2, 0.25) is 0 Å². The van der Waals surface area contributed by atoms with E-state index in [0.29, 0.717) is 5.92 Å². The number of allylic oxidation sites excluding steroid dienone is 2. The fourth-order valence-corrected chi connectivity index (χ4v) is 5.99. The molecule has 4 heteroatoms. The lowest BCUT2D eigenvalue weighted by molar-refractivity contribution is 0.0510. The Bertz CT molecular complexity index is 1160. The number of hydrogen-bond donors (Lipinski definition) is 1. The largest absolute Gasteiger partial charge is 0.496 e. The molecule has 1 heterocycles. The van der Waals surface area contributed by atoms with Crippen LogP contribution in [0.15, 0.2) is 71.8 Å². The van der Waals surface area contributed by atoms with E-state index in [1.807, 2.05) is 6.07 Å². The average molecular weight is 444 g/mol. The lowest BCUT2D eigenvalue weighted by Crippen LogP contribution is -2.53. The van der Waals surface area contributed by atoms with Gasteiger partial charge in [-0.2, -0.15) is 0 Å². The van der Waals surface area contributed by atoms with Gasteiger partial charge in [-0.05, 0) is 67.7 Å². The van der Waals surface area contributed by atoms with Gasteiger partial charge in [0.15, 0.2) is 6.79 Å². The third-order valence-corrected chi connectivity index (χ3v) is 7.10. The van der Waals surface area contributed by atoms with Gasteiger partial charge in [0.05, 0.1) is 7.11 Å². The van der Waals surface area contributed by atoms with Crippen molar-refractivity contribution in [1.82, 2.24) is 5.32 Å². The fourth-order valence-electron chi connectivity index (χ4n) is 5.99. The van der Waals surface area contributed by atoms with Crippen molar-refractivity contribution in [2.24, 2.45) is 5.92 Å². The molecule has 0 radical (unpaired) electrons. The quantitative estimate of drug-likeness (QED) is 0.479. The maximum atomic E-state index is 5.83. The highest BCUT2D eigenvalue weighted by molar-refractivity contribution is 5.87. The Balaban J connectivity index is 1.69. The van der Waals surface area contributed by atoms with Gasteiger partial charge in [-0.3, -0.25) is 0 Å². The molecule has 172 valence electrons. The van der Waals surface area contributed by atoms with Gasteiger partial charge in [0.1, 0.15) is 11.5 Å². The number of nitrogens with one attached hydrogen (secondary N) is 1. The highest BCUT2D eigenvalue weighted by Crippen LogP contribution is 2.52. The summed E-state index contributed by atoms with van der Waals surface area (Å²) in [7, 11) is 3.41. The molecule has 0 aromatic heterocycles. The minimum absolute atomic E-state index is 0.0265. The maximum absolute atomic E-state index is 5.83. The summed E-state index contributed by atoms with van der Waals surface area (Å²) in [4.78, 5) is 0. The van der Waals surface area contributed by atoms with E-state index >= 15 is 0 Å². The predicted octanol–water partition coefficient (Wildman–Crippen LogP) is 5.65. The van der Waals surface area contributed by atoms with Crippen LogP contribution >= 0.6 is 0 Å². The molecule has 0 bridgehead atoms. The number of benzene rings is 2. The first kappa shape index (κ1) is 22.0. The van der Waals surface area contributed by atoms with Crippen molar-refractivity contribution < 1.29 is 14.2 Å². The summed E-state index contributed by atoms with van der Waals surface area (Å²) in [6.45, 7) is 7.03. The molecule has 2 aromatic carbocycles. The number of hydrogen-bond acceptors (Lipinski definition) is 4. The van der Waals surface area contributed by atoms with Gasteiger partial charge < -0.3 is 19.5 Å². The molecule has 3 atom stereocenters. The summed E-state index contributed by atoms with van der Waals surface area (Å²) < 4.78 is 16.7. The molecular weight excluding hydrogens is 410 g/mol. The smallest absolute Gasteiger partial charge is 0.188 e. The summed E-state index contributed by atoms with van der Waals surface area (Å²) in [5.74, 6) is 2.36. The summed E-state index contributed by atoms with van der Waals surface area (Å²) in [6.07, 6.45) is 7.99. The van der Waals surface area contributed by atoms with Gasteiger partial charge in [-0.1, -0.05) is 48.1 Å². The van der Waals surface area contributed by atoms with Gasteiger partial charge in [0.25, 0.3) is 0 Å². The standard InChI is InChI=1S/C29H33NO3/c1-18-16-29(2,3)30-24-13-12-22-27-20(9-7-11-25(27)32-5)15-23(28(22)26(18)24)19-8-6-10-21(14-19)33-17-31-4/h6-14,16,23-24,26,30H,15,17H2,1-5H3. The SMILES string of the molecule is COCOc1cccc(C2Cc3cccc(OC)c3C3=C2C2C(C)=CC(C)(C)NC2C=C3)c1. The zero-order valence-corrected chi connectivity index (χ0v) is 20.1. The number of rotatable bonds is 5. The van der Waals surface area contributed by atoms with E-state index in [9.17, 15) is 0 Å². The van der Waals surface area contributed by atoms with Gasteiger partial charge in [0, 0.05) is 36.1 Å². The molecule has 3 unspecified atom stereocenters. The van der Waals surface area contributed by atoms with Crippen LogP contribution in [0.3, 0.4) is 0 Å². The van der Waals surface area contributed by atoms with Crippen LogP contribution in [0.4, 0.5) is 0 Å². The monoisotopic (exact) mass is 443 g/mol. The van der Waals surface area contributed by atoms with Crippen LogP contribution in [0.2, 0.25) is 0 Å². The predicted molar refractivity (Wildman–Crippen MR) is 133 cm³/mol. The molecule has 2 aromatic rings. The van der Waals surface area contributed by atoms with E-state index in [1.165, 1.54) is 33.4 Å². The van der Waals surface area contributed by atoms with E-state index in [-0.39, 0.29) is 24.3 Å². The lowest BCUT2D eigenvalue weighted by Gasteiger charge is -2.46. The number of fused-ring (bicyclic) bond motifs is 4. The van der Waals surface area contributed by atoms with Crippen molar-refractivity contribution in [3.63, 3.8) is 0 Å². The molecule has 0 saturated heterocycles. The first-order valence-electron chi connectivity index (χ1n) is 11.7. The van der Waals surface area contributed by atoms with Crippen LogP contribution in [0.1, 0.15) is 43.4 Å². The van der Waals surface area contributed by atoms with Gasteiger partial charge >= 0.3 is 0 Å². The molecule has 1 aliphatic heterocycles. The third kappa shape index (κ3) is 3.92. The molecule has 0 saturated carbocycles. The Labute approximate surface area is 196 Å². The minimum atomic E-state index is -0.0265. The number of ether oxygens (including phenoxy) is 3. The van der Waals surface area contributed by atoms with E-state index in [4.69, 9.17) is 14.2 Å². The van der Waals surface area contributed by atoms with E-state index in [1.54, 1.807) is 14.2 Å². The Morgan fingerprint density at radius 1 is 1.09 bits per heavy atom. The lowest BCUT2D eigenvalue weighted by atomic mass is 9.64. The topological polar surface area (TPSA) is 39.7 Å². The Morgan fingerprint density at radius 3 is 2.70 bits per heavy atom. The zero-order chi connectivity index (χ0) is 23.2. The van der Waals surface area contributed by atoms with E-state index < -0.39 is 0 Å². The first-order chi connectivity index (χ1) is 15.9. The minimum Gasteiger partial charge on any atom is -0.496 e. The molecule has 33 heavy (non-hydrogen) atoms. The van der Waals surface area contributed by atoms with Crippen molar-refractivity contribution in [3.8, 4) is 11.5 Å². The Hall–Kier alpha value is -2.82. The summed E-state index contributed by atoms with van der Waals surface area (Å²) in [5.41, 5.74) is 8.02. The Kier molecular flexibility index (Phi) is 5.67. The molecule has 4 nitrogen and oxygen atoms in total. The molecule has 0 fully saturated rings. The summed E-state index contributed by atoms with van der Waals surface area (Å²) in [5, 5.41) is 3.85. The molecule has 1 N–H and O–H groups in total. The highest BCUT2D eigenvalue weighted by Gasteiger charge is 2.42. The maximum Gasteiger partial charge on any atom is 0.188 e. The second-order valence-corrected chi connectivity index (χ2v) is 9.86. The Morgan fingerprint density at radius 2 is 1.91 bits per heavy atom. The second-order valence-electron chi connectivity index (χ2n) is 9.86. The van der Waals surface area contributed by atoms with Crippen LogP contribution in [-0.4, -0.2) is 32.6 Å². The van der Waals surface area contributed by atoms with Crippen LogP contribution in [0, 0.1) is 5.92 Å². The van der Waals surface area contributed by atoms with Crippen molar-refractivity contribution in [2.45, 2.75) is 44.7 Å². The summed E-state index contributed by atoms with van der Waals surface area (Å²) >= 11 is 0. The van der Waals surface area contributed by atoms with Crippen molar-refractivity contribution >= 4 is 5.57 Å². The summed E-state index contributed by atoms with van der Waals surface area (Å²) in [6, 6.07) is 15.2. The molecule has 0 spiro atoms. The van der Waals surface area contributed by atoms with Crippen LogP contribution in [0.5, 0.6) is 11.5 Å². The molecule has 5 rings (SSSR count). The fraction of sp³-hybridized carbons (Fsp3) is 0.379. The van der Waals surface area contributed by atoms with E-state index in [2.05, 4.69) is 80.7 Å². The van der Waals surface area contributed by atoms with Crippen LogP contribution < -0.4 is 14.8 Å². The van der Waals surface area contributed by atoms with Crippen molar-refractivity contribution in [1.29, 1.82) is 0 Å². The average Bonchev–Trinajstić information content (AvgIpc) is 2.80. The molecule has 0 amide bonds. The van der Waals surface area contributed by atoms with Crippen molar-refractivity contribution in [3.05, 3.63) is 88.5 Å². The third-order valence-electron chi connectivity index (χ3n) is 7.10. The van der Waals surface area contributed by atoms with Crippen LogP contribution in [0.25, 0.3) is 5.57 Å². The normalized spacial score (nSPS) is 25.0. The zero-order valence-electron chi connectivity index (χ0n) is 20.1. The van der Waals surface area contributed by atoms with Gasteiger partial charge in [-0.15, -0.1) is 0 Å². The molecular formula is C29H33NO3. The first-order valence-corrected chi connectivity index (χ1v) is 11.7. The van der Waals surface area contributed by atoms with Crippen molar-refractivity contribution in [2.75, 3.05) is 21.0 Å². The van der Waals surface area contributed by atoms with Gasteiger partial charge in [-0.25, -0.2) is 0 Å². The molecule has 2 aliphatic carbocycles. The second kappa shape index (κ2) is 8.51. The van der Waals surface area contributed by atoms with Crippen LogP contribution in [-0.2, 0) is 11.2 Å². The van der Waals surface area contributed by atoms with E-state index in [0.717, 1.165) is 17.9 Å². The number of methoxy groups -OCH3 is 2.